The number of amides is 1. The molecule has 0 spiro atoms. The number of H-pyrrole nitrogens is 2. The highest BCUT2D eigenvalue weighted by Crippen LogP contribution is 2.23. The molecule has 3 heterocycles. The van der Waals surface area contributed by atoms with Gasteiger partial charge in [0.25, 0.3) is 5.56 Å². The van der Waals surface area contributed by atoms with Gasteiger partial charge in [-0.05, 0) is 31.2 Å². The summed E-state index contributed by atoms with van der Waals surface area (Å²) in [5, 5.41) is 4.75. The second kappa shape index (κ2) is 7.79. The molecule has 3 N–H and O–H groups in total. The maximum Gasteiger partial charge on any atom is 0.325 e. The number of aromatic amines is 2. The summed E-state index contributed by atoms with van der Waals surface area (Å²) in [7, 11) is -4.12. The van der Waals surface area contributed by atoms with Gasteiger partial charge >= 0.3 is 5.69 Å². The molecule has 27 heavy (non-hydrogen) atoms. The van der Waals surface area contributed by atoms with Crippen molar-refractivity contribution in [2.45, 2.75) is 31.2 Å². The van der Waals surface area contributed by atoms with Gasteiger partial charge in [0, 0.05) is 23.7 Å². The van der Waals surface area contributed by atoms with Crippen molar-refractivity contribution >= 4 is 27.3 Å². The molecule has 1 aliphatic rings. The number of hydrogen-bond donors (Lipinski definition) is 3. The molecule has 2 aromatic heterocycles. The van der Waals surface area contributed by atoms with Crippen LogP contribution in [0.3, 0.4) is 0 Å². The van der Waals surface area contributed by atoms with E-state index in [9.17, 15) is 22.8 Å². The fourth-order valence-corrected chi connectivity index (χ4v) is 5.51. The number of carbonyl (C=O) groups excluding carboxylic acids is 1. The minimum absolute atomic E-state index is 0.00336. The van der Waals surface area contributed by atoms with Crippen molar-refractivity contribution in [2.24, 2.45) is 5.92 Å². The summed E-state index contributed by atoms with van der Waals surface area (Å²) < 4.78 is 27.0. The van der Waals surface area contributed by atoms with Crippen LogP contribution in [0.4, 0.5) is 0 Å². The summed E-state index contributed by atoms with van der Waals surface area (Å²) >= 11 is 1.53. The number of aryl methyl sites for hydroxylation is 1. The highest BCUT2D eigenvalue weighted by Gasteiger charge is 2.35. The lowest BCUT2D eigenvalue weighted by atomic mass is 9.99. The molecule has 0 aromatic carbocycles. The first-order valence-electron chi connectivity index (χ1n) is 8.42. The van der Waals surface area contributed by atoms with Gasteiger partial charge in [0.1, 0.15) is 0 Å². The van der Waals surface area contributed by atoms with E-state index in [0.29, 0.717) is 19.4 Å². The summed E-state index contributed by atoms with van der Waals surface area (Å²) in [4.78, 5) is 40.6. The molecule has 9 nitrogen and oxygen atoms in total. The van der Waals surface area contributed by atoms with E-state index in [-0.39, 0.29) is 24.7 Å². The highest BCUT2D eigenvalue weighted by molar-refractivity contribution is 7.89. The van der Waals surface area contributed by atoms with Gasteiger partial charge in [-0.25, -0.2) is 13.2 Å². The Labute approximate surface area is 159 Å². The Bertz CT molecular complexity index is 1040. The zero-order valence-electron chi connectivity index (χ0n) is 14.6. The van der Waals surface area contributed by atoms with Crippen molar-refractivity contribution in [3.8, 4) is 0 Å². The van der Waals surface area contributed by atoms with Crippen LogP contribution in [0.1, 0.15) is 23.4 Å². The third-order valence-electron chi connectivity index (χ3n) is 4.44. The largest absolute Gasteiger partial charge is 0.351 e. The monoisotopic (exact) mass is 412 g/mol. The second-order valence-electron chi connectivity index (χ2n) is 6.36. The maximum atomic E-state index is 12.9. The van der Waals surface area contributed by atoms with Crippen LogP contribution >= 0.6 is 11.3 Å². The molecule has 0 aliphatic carbocycles. The molecule has 11 heteroatoms. The van der Waals surface area contributed by atoms with Gasteiger partial charge < -0.3 is 10.3 Å². The molecule has 3 rings (SSSR count). The molecule has 1 saturated heterocycles. The van der Waals surface area contributed by atoms with Gasteiger partial charge in [-0.2, -0.15) is 4.31 Å². The molecule has 0 saturated carbocycles. The van der Waals surface area contributed by atoms with Crippen molar-refractivity contribution in [3.05, 3.63) is 48.9 Å². The second-order valence-corrected chi connectivity index (χ2v) is 9.27. The standard InChI is InChI=1S/C16H20N4O5S2/c1-10-13(15(22)19-16(23)18-10)27(24,25)20-6-2-4-11(9-20)14(21)17-8-12-5-3-7-26-12/h3,5,7,11H,2,4,6,8-9H2,1H3,(H,17,21)(H2,18,19,22,23). The summed E-state index contributed by atoms with van der Waals surface area (Å²) in [6.45, 7) is 1.97. The van der Waals surface area contributed by atoms with Crippen molar-refractivity contribution in [2.75, 3.05) is 13.1 Å². The quantitative estimate of drug-likeness (QED) is 0.643. The lowest BCUT2D eigenvalue weighted by Crippen LogP contribution is -2.46. The first-order valence-corrected chi connectivity index (χ1v) is 10.7. The molecule has 1 atom stereocenters. The third kappa shape index (κ3) is 4.20. The van der Waals surface area contributed by atoms with Crippen LogP contribution in [-0.2, 0) is 21.4 Å². The van der Waals surface area contributed by atoms with Gasteiger partial charge in [-0.3, -0.25) is 14.6 Å². The number of hydrogen-bond acceptors (Lipinski definition) is 6. The van der Waals surface area contributed by atoms with Crippen LogP contribution in [0.5, 0.6) is 0 Å². The van der Waals surface area contributed by atoms with E-state index in [4.69, 9.17) is 0 Å². The van der Waals surface area contributed by atoms with E-state index in [0.717, 1.165) is 9.18 Å². The summed E-state index contributed by atoms with van der Waals surface area (Å²) in [6.07, 6.45) is 1.08. The van der Waals surface area contributed by atoms with Crippen molar-refractivity contribution in [3.63, 3.8) is 0 Å². The zero-order chi connectivity index (χ0) is 19.6. The summed E-state index contributed by atoms with van der Waals surface area (Å²) in [5.41, 5.74) is -1.74. The number of sulfonamides is 1. The van der Waals surface area contributed by atoms with Crippen molar-refractivity contribution < 1.29 is 13.2 Å². The van der Waals surface area contributed by atoms with Crippen LogP contribution in [0, 0.1) is 12.8 Å². The Morgan fingerprint density at radius 3 is 2.81 bits per heavy atom. The number of nitrogens with zero attached hydrogens (tertiary/aromatic N) is 1. The van der Waals surface area contributed by atoms with E-state index >= 15 is 0 Å². The topological polar surface area (TPSA) is 132 Å². The Morgan fingerprint density at radius 1 is 1.37 bits per heavy atom. The molecule has 1 amide bonds. The van der Waals surface area contributed by atoms with Gasteiger partial charge in [0.15, 0.2) is 4.90 Å². The number of thiophene rings is 1. The number of aromatic nitrogens is 2. The average molecular weight is 412 g/mol. The van der Waals surface area contributed by atoms with Crippen LogP contribution in [0.2, 0.25) is 0 Å². The first-order chi connectivity index (χ1) is 12.8. The van der Waals surface area contributed by atoms with Crippen LogP contribution in [0.25, 0.3) is 0 Å². The Morgan fingerprint density at radius 2 is 2.15 bits per heavy atom. The molecular weight excluding hydrogens is 392 g/mol. The van der Waals surface area contributed by atoms with Crippen molar-refractivity contribution in [1.29, 1.82) is 0 Å². The predicted octanol–water partition coefficient (Wildman–Crippen LogP) is 0.150. The lowest BCUT2D eigenvalue weighted by Gasteiger charge is -2.31. The minimum atomic E-state index is -4.12. The van der Waals surface area contributed by atoms with E-state index in [1.165, 1.54) is 18.3 Å². The highest BCUT2D eigenvalue weighted by atomic mass is 32.2. The van der Waals surface area contributed by atoms with Gasteiger partial charge in [-0.15, -0.1) is 11.3 Å². The average Bonchev–Trinajstić information content (AvgIpc) is 3.12. The van der Waals surface area contributed by atoms with E-state index < -0.39 is 32.1 Å². The van der Waals surface area contributed by atoms with Gasteiger partial charge in [-0.1, -0.05) is 6.07 Å². The van der Waals surface area contributed by atoms with Crippen LogP contribution in [-0.4, -0.2) is 41.7 Å². The number of nitrogens with one attached hydrogen (secondary N) is 3. The number of carbonyl (C=O) groups is 1. The third-order valence-corrected chi connectivity index (χ3v) is 7.34. The smallest absolute Gasteiger partial charge is 0.325 e. The normalized spacial score (nSPS) is 18.3. The Hall–Kier alpha value is -2.24. The minimum Gasteiger partial charge on any atom is -0.351 e. The first kappa shape index (κ1) is 19.5. The van der Waals surface area contributed by atoms with Gasteiger partial charge in [0.2, 0.25) is 15.9 Å². The van der Waals surface area contributed by atoms with Gasteiger partial charge in [0.05, 0.1) is 12.5 Å². The molecule has 2 aromatic rings. The molecule has 1 fully saturated rings. The van der Waals surface area contributed by atoms with E-state index in [1.807, 2.05) is 22.5 Å². The Balaban J connectivity index is 1.76. The number of piperidine rings is 1. The van der Waals surface area contributed by atoms with Crippen molar-refractivity contribution in [1.82, 2.24) is 19.6 Å². The molecule has 0 bridgehead atoms. The zero-order valence-corrected chi connectivity index (χ0v) is 16.3. The summed E-state index contributed by atoms with van der Waals surface area (Å²) in [6, 6.07) is 3.80. The molecule has 1 aliphatic heterocycles. The molecule has 146 valence electrons. The maximum absolute atomic E-state index is 12.9. The fraction of sp³-hybridized carbons (Fsp3) is 0.438. The predicted molar refractivity (Wildman–Crippen MR) is 100 cm³/mol. The van der Waals surface area contributed by atoms with Crippen LogP contribution < -0.4 is 16.6 Å². The molecular formula is C16H20N4O5S2. The SMILES string of the molecule is Cc1[nH]c(=O)[nH]c(=O)c1S(=O)(=O)N1CCCC(C(=O)NCc2cccs2)C1. The molecule has 0 radical (unpaired) electrons. The summed E-state index contributed by atoms with van der Waals surface area (Å²) in [5.74, 6) is -0.703. The fourth-order valence-electron chi connectivity index (χ4n) is 3.13. The van der Waals surface area contributed by atoms with E-state index in [2.05, 4.69) is 10.3 Å². The number of rotatable bonds is 5. The lowest BCUT2D eigenvalue weighted by molar-refractivity contribution is -0.126. The van der Waals surface area contributed by atoms with E-state index in [1.54, 1.807) is 0 Å². The van der Waals surface area contributed by atoms with Crippen LogP contribution in [0.15, 0.2) is 32.0 Å². The Kier molecular flexibility index (Phi) is 5.63. The molecule has 1 unspecified atom stereocenters.